The van der Waals surface area contributed by atoms with Crippen molar-refractivity contribution in [3.8, 4) is 0 Å². The Kier molecular flexibility index (Phi) is 6.08. The fraction of sp³-hybridized carbons (Fsp3) is 0.588. The molecule has 8 heteroatoms. The summed E-state index contributed by atoms with van der Waals surface area (Å²) in [5.41, 5.74) is 5.40. The molecule has 3 N–H and O–H groups in total. The van der Waals surface area contributed by atoms with Crippen LogP contribution in [0.15, 0.2) is 34.6 Å². The molecule has 0 aromatic heterocycles. The van der Waals surface area contributed by atoms with Crippen LogP contribution in [0.4, 0.5) is 0 Å². The average molecular weight is 369 g/mol. The van der Waals surface area contributed by atoms with Crippen molar-refractivity contribution >= 4 is 16.2 Å². The number of methoxy groups -OCH3 is 1. The fourth-order valence-electron chi connectivity index (χ4n) is 2.96. The Morgan fingerprint density at radius 3 is 2.36 bits per heavy atom. The monoisotopic (exact) mass is 369 g/mol. The molecule has 1 saturated carbocycles. The minimum absolute atomic E-state index is 0.323. The third kappa shape index (κ3) is 5.69. The molecule has 0 unspecified atom stereocenters. The molecule has 1 fully saturated rings. The van der Waals surface area contributed by atoms with E-state index in [-0.39, 0.29) is 0 Å². The van der Waals surface area contributed by atoms with Crippen LogP contribution in [0, 0.1) is 0 Å². The molecule has 0 spiro atoms. The molecule has 2 aliphatic rings. The van der Waals surface area contributed by atoms with Gasteiger partial charge < -0.3 is 10.2 Å². The first kappa shape index (κ1) is 19.7. The first-order chi connectivity index (χ1) is 11.6. The summed E-state index contributed by atoms with van der Waals surface area (Å²) >= 11 is 0. The maximum atomic E-state index is 12.1. The number of nitrogens with one attached hydrogen (secondary N) is 3. The number of carbonyl (C=O) groups excluding carboxylic acids is 1. The number of hydrazine groups is 1. The zero-order valence-corrected chi connectivity index (χ0v) is 16.0. The maximum Gasteiger partial charge on any atom is 0.339 e. The van der Waals surface area contributed by atoms with Gasteiger partial charge in [-0.1, -0.05) is 11.6 Å². The van der Waals surface area contributed by atoms with Crippen LogP contribution in [0.3, 0.4) is 0 Å². The highest BCUT2D eigenvalue weighted by Gasteiger charge is 2.24. The van der Waals surface area contributed by atoms with Gasteiger partial charge in [0.15, 0.2) is 0 Å². The number of hydrogen-bond donors (Lipinski definition) is 3. The predicted molar refractivity (Wildman–Crippen MR) is 96.4 cm³/mol. The predicted octanol–water partition coefficient (Wildman–Crippen LogP) is 1.97. The summed E-state index contributed by atoms with van der Waals surface area (Å²) in [6.45, 7) is 5.24. The minimum atomic E-state index is -3.77. The van der Waals surface area contributed by atoms with Crippen molar-refractivity contribution in [3.05, 3.63) is 34.6 Å². The van der Waals surface area contributed by atoms with Gasteiger partial charge in [-0.05, 0) is 58.1 Å². The van der Waals surface area contributed by atoms with Gasteiger partial charge in [0.1, 0.15) is 0 Å². The third-order valence-corrected chi connectivity index (χ3v) is 5.24. The molecule has 0 aliphatic heterocycles. The van der Waals surface area contributed by atoms with E-state index in [2.05, 4.69) is 15.0 Å². The van der Waals surface area contributed by atoms with Crippen LogP contribution < -0.4 is 15.0 Å². The van der Waals surface area contributed by atoms with Gasteiger partial charge in [-0.2, -0.15) is 13.1 Å². The Morgan fingerprint density at radius 2 is 1.80 bits per heavy atom. The summed E-state index contributed by atoms with van der Waals surface area (Å²) in [6, 6.07) is 0. The molecular formula is C17H27N3O4S. The molecule has 2 rings (SSSR count). The van der Waals surface area contributed by atoms with Gasteiger partial charge >= 0.3 is 5.97 Å². The molecule has 0 aromatic rings. The Bertz CT molecular complexity index is 719. The van der Waals surface area contributed by atoms with Crippen molar-refractivity contribution in [2.75, 3.05) is 7.11 Å². The second kappa shape index (κ2) is 7.72. The van der Waals surface area contributed by atoms with E-state index < -0.39 is 21.7 Å². The third-order valence-electron chi connectivity index (χ3n) is 3.99. The largest absolute Gasteiger partial charge is 0.465 e. The summed E-state index contributed by atoms with van der Waals surface area (Å²) in [6.07, 6.45) is 8.53. The molecule has 0 heterocycles. The number of allylic oxidation sites excluding steroid dienone is 3. The number of rotatable bonds is 5. The highest BCUT2D eigenvalue weighted by Crippen LogP contribution is 2.33. The molecule has 0 bridgehead atoms. The van der Waals surface area contributed by atoms with Crippen LogP contribution >= 0.6 is 0 Å². The lowest BCUT2D eigenvalue weighted by atomic mass is 9.94. The molecular weight excluding hydrogens is 342 g/mol. The zero-order chi connectivity index (χ0) is 18.7. The highest BCUT2D eigenvalue weighted by molar-refractivity contribution is 7.87. The standard InChI is InChI=1S/C17H27N3O4S/c1-17(2,3)19-25(22,23)20-18-15-11-13(12-7-5-6-8-12)9-10-14(15)16(21)24-4/h9-10,18-20H,5-8,11H2,1-4H3. The van der Waals surface area contributed by atoms with Gasteiger partial charge in [0, 0.05) is 17.7 Å². The van der Waals surface area contributed by atoms with Crippen LogP contribution in [-0.2, 0) is 19.7 Å². The molecule has 0 atom stereocenters. The lowest BCUT2D eigenvalue weighted by molar-refractivity contribution is -0.135. The van der Waals surface area contributed by atoms with Crippen molar-refractivity contribution in [1.29, 1.82) is 0 Å². The Balaban J connectivity index is 2.20. The van der Waals surface area contributed by atoms with E-state index in [0.29, 0.717) is 17.7 Å². The van der Waals surface area contributed by atoms with Crippen LogP contribution in [0.1, 0.15) is 52.9 Å². The molecule has 0 radical (unpaired) electrons. The maximum absolute atomic E-state index is 12.1. The van der Waals surface area contributed by atoms with Gasteiger partial charge in [-0.25, -0.2) is 4.79 Å². The molecule has 0 saturated heterocycles. The quantitative estimate of drug-likeness (QED) is 0.509. The van der Waals surface area contributed by atoms with Gasteiger partial charge in [-0.15, -0.1) is 4.83 Å². The Labute approximate surface area is 149 Å². The van der Waals surface area contributed by atoms with Crippen LogP contribution in [0.5, 0.6) is 0 Å². The van der Waals surface area contributed by atoms with E-state index in [1.165, 1.54) is 25.5 Å². The van der Waals surface area contributed by atoms with E-state index in [4.69, 9.17) is 4.74 Å². The smallest absolute Gasteiger partial charge is 0.339 e. The second-order valence-electron chi connectivity index (χ2n) is 7.31. The lowest BCUT2D eigenvalue weighted by Gasteiger charge is -2.23. The second-order valence-corrected chi connectivity index (χ2v) is 8.73. The summed E-state index contributed by atoms with van der Waals surface area (Å²) in [5, 5.41) is 0. The van der Waals surface area contributed by atoms with E-state index in [1.807, 2.05) is 6.08 Å². The summed E-state index contributed by atoms with van der Waals surface area (Å²) < 4.78 is 31.5. The molecule has 2 aliphatic carbocycles. The molecule has 7 nitrogen and oxygen atoms in total. The van der Waals surface area contributed by atoms with Gasteiger partial charge in [-0.3, -0.25) is 0 Å². The van der Waals surface area contributed by atoms with E-state index in [1.54, 1.807) is 26.8 Å². The summed E-state index contributed by atoms with van der Waals surface area (Å²) in [4.78, 5) is 14.3. The minimum Gasteiger partial charge on any atom is -0.465 e. The van der Waals surface area contributed by atoms with E-state index >= 15 is 0 Å². The highest BCUT2D eigenvalue weighted by atomic mass is 32.2. The first-order valence-electron chi connectivity index (χ1n) is 8.38. The fourth-order valence-corrected chi connectivity index (χ4v) is 4.08. The van der Waals surface area contributed by atoms with Crippen LogP contribution in [-0.4, -0.2) is 27.0 Å². The Hall–Kier alpha value is -1.64. The SMILES string of the molecule is COC(=O)C1=C(NNS(=O)(=O)NC(C)(C)C)CC(=C2CCCC2)C=C1. The number of carbonyl (C=O) groups is 1. The van der Waals surface area contributed by atoms with Gasteiger partial charge in [0.25, 0.3) is 10.2 Å². The normalized spacial score (nSPS) is 18.7. The average Bonchev–Trinajstić information content (AvgIpc) is 3.04. The van der Waals surface area contributed by atoms with Crippen LogP contribution in [0.2, 0.25) is 0 Å². The zero-order valence-electron chi connectivity index (χ0n) is 15.2. The van der Waals surface area contributed by atoms with E-state index in [0.717, 1.165) is 18.4 Å². The van der Waals surface area contributed by atoms with Crippen molar-refractivity contribution in [2.24, 2.45) is 0 Å². The van der Waals surface area contributed by atoms with Gasteiger partial charge in [0.05, 0.1) is 12.7 Å². The lowest BCUT2D eigenvalue weighted by Crippen LogP contribution is -2.51. The molecule has 0 aromatic carbocycles. The molecule has 25 heavy (non-hydrogen) atoms. The van der Waals surface area contributed by atoms with E-state index in [9.17, 15) is 13.2 Å². The molecule has 140 valence electrons. The van der Waals surface area contributed by atoms with Crippen molar-refractivity contribution < 1.29 is 17.9 Å². The summed E-state index contributed by atoms with van der Waals surface area (Å²) in [7, 11) is -2.47. The Morgan fingerprint density at radius 1 is 1.16 bits per heavy atom. The van der Waals surface area contributed by atoms with Crippen molar-refractivity contribution in [3.63, 3.8) is 0 Å². The number of esters is 1. The number of ether oxygens (including phenoxy) is 1. The van der Waals surface area contributed by atoms with Crippen molar-refractivity contribution in [1.82, 2.24) is 15.0 Å². The topological polar surface area (TPSA) is 96.5 Å². The van der Waals surface area contributed by atoms with Crippen molar-refractivity contribution in [2.45, 2.75) is 58.4 Å². The number of hydrogen-bond acceptors (Lipinski definition) is 5. The summed E-state index contributed by atoms with van der Waals surface area (Å²) in [5.74, 6) is -0.503. The first-order valence-corrected chi connectivity index (χ1v) is 9.87. The van der Waals surface area contributed by atoms with Gasteiger partial charge in [0.2, 0.25) is 0 Å². The van der Waals surface area contributed by atoms with Crippen LogP contribution in [0.25, 0.3) is 0 Å². The molecule has 0 amide bonds.